The summed E-state index contributed by atoms with van der Waals surface area (Å²) in [6.07, 6.45) is 0.152. The van der Waals surface area contributed by atoms with Gasteiger partial charge in [0.15, 0.2) is 6.67 Å². The molecule has 0 spiro atoms. The molecular formula is C33H43FN6O11. The van der Waals surface area contributed by atoms with Gasteiger partial charge >= 0.3 is 18.0 Å². The topological polar surface area (TPSA) is 241 Å². The van der Waals surface area contributed by atoms with Gasteiger partial charge in [-0.05, 0) is 24.3 Å². The van der Waals surface area contributed by atoms with Gasteiger partial charge in [0.05, 0.1) is 27.0 Å². The highest BCUT2D eigenvalue weighted by Crippen LogP contribution is 2.10. The molecule has 51 heavy (non-hydrogen) atoms. The second-order valence-electron chi connectivity index (χ2n) is 11.7. The summed E-state index contributed by atoms with van der Waals surface area (Å²) in [4.78, 5) is 108. The number of aromatic nitrogens is 2. The first-order chi connectivity index (χ1) is 24.3. The molecule has 4 amide bonds. The van der Waals surface area contributed by atoms with E-state index >= 15 is 0 Å². The number of hydrogen-bond donors (Lipinski definition) is 5. The molecule has 17 nitrogen and oxygen atoms in total. The molecule has 5 N–H and O–H groups in total. The van der Waals surface area contributed by atoms with Gasteiger partial charge in [-0.3, -0.25) is 33.6 Å². The Kier molecular flexibility index (Phi) is 17.4. The van der Waals surface area contributed by atoms with E-state index < -0.39 is 84.6 Å². The fourth-order valence-corrected chi connectivity index (χ4v) is 4.60. The molecule has 1 aromatic carbocycles. The number of nitrogens with one attached hydrogen (secondary N) is 5. The Morgan fingerprint density at radius 1 is 0.804 bits per heavy atom. The summed E-state index contributed by atoms with van der Waals surface area (Å²) in [6, 6.07) is 2.83. The van der Waals surface area contributed by atoms with Crippen LogP contribution in [0.2, 0.25) is 0 Å². The smallest absolute Gasteiger partial charge is 0.408 e. The maximum atomic E-state index is 13.7. The number of rotatable bonds is 21. The van der Waals surface area contributed by atoms with E-state index in [-0.39, 0.29) is 38.2 Å². The van der Waals surface area contributed by atoms with Crippen molar-refractivity contribution in [2.75, 3.05) is 20.9 Å². The average molecular weight is 719 g/mol. The minimum absolute atomic E-state index is 0.0688. The number of hydrogen-bond acceptors (Lipinski definition) is 12. The van der Waals surface area contributed by atoms with Gasteiger partial charge in [-0.1, -0.05) is 44.2 Å². The van der Waals surface area contributed by atoms with E-state index in [4.69, 9.17) is 4.74 Å². The van der Waals surface area contributed by atoms with E-state index in [0.717, 1.165) is 14.2 Å². The fraction of sp³-hybridized carbons (Fsp3) is 0.485. The van der Waals surface area contributed by atoms with Crippen molar-refractivity contribution in [3.63, 3.8) is 0 Å². The molecule has 1 aromatic heterocycles. The highest BCUT2D eigenvalue weighted by molar-refractivity contribution is 6.40. The van der Waals surface area contributed by atoms with Gasteiger partial charge in [0, 0.05) is 24.7 Å². The van der Waals surface area contributed by atoms with Gasteiger partial charge in [-0.15, -0.1) is 0 Å². The van der Waals surface area contributed by atoms with Crippen LogP contribution in [0.4, 0.5) is 9.18 Å². The van der Waals surface area contributed by atoms with Crippen molar-refractivity contribution < 1.29 is 57.0 Å². The number of carbonyl (C=O) groups is 8. The highest BCUT2D eigenvalue weighted by atomic mass is 19.1. The van der Waals surface area contributed by atoms with Crippen LogP contribution in [-0.2, 0) is 60.8 Å². The van der Waals surface area contributed by atoms with Crippen LogP contribution >= 0.6 is 0 Å². The molecule has 0 aliphatic heterocycles. The van der Waals surface area contributed by atoms with Crippen molar-refractivity contribution >= 4 is 47.3 Å². The van der Waals surface area contributed by atoms with E-state index in [1.807, 2.05) is 0 Å². The number of imidazole rings is 1. The third kappa shape index (κ3) is 14.8. The summed E-state index contributed by atoms with van der Waals surface area (Å²) in [5, 5.41) is 9.66. The van der Waals surface area contributed by atoms with E-state index in [1.165, 1.54) is 12.5 Å². The van der Waals surface area contributed by atoms with Gasteiger partial charge in [0.1, 0.15) is 30.8 Å². The SMILES string of the molecule is COC(=O)CC[C@H](NC(=O)[C@H](CC(C)C)NC(=O)OCc1ccccc1)C(=O)N[C@@H](Cc1cnc[nH]1)C(=O)N[C@@H](CC(=O)OC)C(=O)C(=O)CF. The number of alkyl halides is 1. The number of esters is 2. The molecule has 1 heterocycles. The Bertz CT molecular complexity index is 1500. The second kappa shape index (κ2) is 21.4. The van der Waals surface area contributed by atoms with Gasteiger partial charge in [-0.25, -0.2) is 14.2 Å². The Morgan fingerprint density at radius 3 is 2.00 bits per heavy atom. The van der Waals surface area contributed by atoms with Crippen LogP contribution in [0.15, 0.2) is 42.9 Å². The Balaban J connectivity index is 2.31. The molecule has 2 rings (SSSR count). The zero-order valence-electron chi connectivity index (χ0n) is 28.7. The van der Waals surface area contributed by atoms with Crippen LogP contribution in [0.3, 0.4) is 0 Å². The lowest BCUT2D eigenvalue weighted by Crippen LogP contribution is -2.58. The first kappa shape index (κ1) is 41.5. The van der Waals surface area contributed by atoms with E-state index in [2.05, 4.69) is 40.7 Å². The molecule has 0 bridgehead atoms. The zero-order valence-corrected chi connectivity index (χ0v) is 28.7. The number of amides is 4. The molecular weight excluding hydrogens is 675 g/mol. The summed E-state index contributed by atoms with van der Waals surface area (Å²) in [6.45, 7) is 1.85. The van der Waals surface area contributed by atoms with Crippen molar-refractivity contribution in [1.82, 2.24) is 31.2 Å². The maximum absolute atomic E-state index is 13.7. The number of Topliss-reactive ketones (excluding diaryl/α,β-unsaturated/α-hetero) is 2. The zero-order chi connectivity index (χ0) is 37.9. The normalized spacial score (nSPS) is 13.1. The fourth-order valence-electron chi connectivity index (χ4n) is 4.60. The van der Waals surface area contributed by atoms with Gasteiger partial charge in [0.25, 0.3) is 0 Å². The minimum Gasteiger partial charge on any atom is -0.469 e. The van der Waals surface area contributed by atoms with Gasteiger partial charge < -0.3 is 40.5 Å². The van der Waals surface area contributed by atoms with Crippen molar-refractivity contribution in [3.8, 4) is 0 Å². The predicted octanol–water partition coefficient (Wildman–Crippen LogP) is 0.372. The molecule has 4 atom stereocenters. The minimum atomic E-state index is -1.83. The average Bonchev–Trinajstić information content (AvgIpc) is 3.63. The highest BCUT2D eigenvalue weighted by Gasteiger charge is 2.34. The molecule has 18 heteroatoms. The lowest BCUT2D eigenvalue weighted by molar-refractivity contribution is -0.145. The number of ether oxygens (including phenoxy) is 3. The van der Waals surface area contributed by atoms with Gasteiger partial charge in [-0.2, -0.15) is 0 Å². The summed E-state index contributed by atoms with van der Waals surface area (Å²) in [5.41, 5.74) is 1.04. The lowest BCUT2D eigenvalue weighted by atomic mass is 10.0. The van der Waals surface area contributed by atoms with Crippen LogP contribution in [0.5, 0.6) is 0 Å². The third-order valence-electron chi connectivity index (χ3n) is 7.27. The number of ketones is 2. The molecule has 0 aliphatic carbocycles. The van der Waals surface area contributed by atoms with Crippen LogP contribution < -0.4 is 21.3 Å². The Labute approximate surface area is 293 Å². The quantitative estimate of drug-likeness (QED) is 0.0668. The molecule has 0 fully saturated rings. The number of nitrogens with zero attached hydrogens (tertiary/aromatic N) is 1. The number of H-pyrrole nitrogens is 1. The Morgan fingerprint density at radius 2 is 1.41 bits per heavy atom. The third-order valence-corrected chi connectivity index (χ3v) is 7.27. The maximum Gasteiger partial charge on any atom is 0.408 e. The van der Waals surface area contributed by atoms with Crippen molar-refractivity contribution in [2.24, 2.45) is 5.92 Å². The molecule has 2 aromatic rings. The molecule has 0 aliphatic rings. The van der Waals surface area contributed by atoms with Crippen molar-refractivity contribution in [2.45, 2.75) is 76.7 Å². The number of alkyl carbamates (subject to hydrolysis) is 1. The predicted molar refractivity (Wildman–Crippen MR) is 175 cm³/mol. The van der Waals surface area contributed by atoms with Crippen LogP contribution in [0.1, 0.15) is 50.8 Å². The summed E-state index contributed by atoms with van der Waals surface area (Å²) >= 11 is 0. The number of carbonyl (C=O) groups excluding carboxylic acids is 8. The van der Waals surface area contributed by atoms with Crippen LogP contribution in [0.25, 0.3) is 0 Å². The monoisotopic (exact) mass is 718 g/mol. The largest absolute Gasteiger partial charge is 0.469 e. The van der Waals surface area contributed by atoms with E-state index in [9.17, 15) is 42.7 Å². The lowest BCUT2D eigenvalue weighted by Gasteiger charge is -2.26. The first-order valence-corrected chi connectivity index (χ1v) is 15.9. The van der Waals surface area contributed by atoms with Gasteiger partial charge in [0.2, 0.25) is 29.3 Å². The molecule has 0 saturated heterocycles. The summed E-state index contributed by atoms with van der Waals surface area (Å²) < 4.78 is 27.5. The van der Waals surface area contributed by atoms with Crippen LogP contribution in [0, 0.1) is 5.92 Å². The van der Waals surface area contributed by atoms with Crippen LogP contribution in [-0.4, -0.2) is 102 Å². The summed E-state index contributed by atoms with van der Waals surface area (Å²) in [7, 11) is 2.13. The molecule has 0 radical (unpaired) electrons. The van der Waals surface area contributed by atoms with Crippen molar-refractivity contribution in [1.29, 1.82) is 0 Å². The molecule has 0 unspecified atom stereocenters. The second-order valence-corrected chi connectivity index (χ2v) is 11.7. The molecule has 278 valence electrons. The number of halogens is 1. The number of benzene rings is 1. The molecule has 0 saturated carbocycles. The Hall–Kier alpha value is -5.68. The van der Waals surface area contributed by atoms with E-state index in [0.29, 0.717) is 11.3 Å². The summed E-state index contributed by atoms with van der Waals surface area (Å²) in [5.74, 6) is -7.54. The van der Waals surface area contributed by atoms with Crippen molar-refractivity contribution in [3.05, 3.63) is 54.1 Å². The number of aromatic amines is 1. The standard InChI is InChI=1S/C33H43FN6O11/c1-19(2)12-24(40-33(48)51-17-20-8-6-5-7-9-20)31(46)37-22(10-11-27(42)49-3)30(45)39-25(13-21-16-35-18-36-21)32(47)38-23(14-28(43)50-4)29(44)26(41)15-34/h5-9,16,18-19,22-25H,10-15,17H2,1-4H3,(H,35,36)(H,37,46)(H,38,47)(H,39,45)(H,40,48)/t22-,23-,24-,25-/m0/s1. The van der Waals surface area contributed by atoms with E-state index in [1.54, 1.807) is 44.2 Å². The first-order valence-electron chi connectivity index (χ1n) is 15.9. The number of methoxy groups -OCH3 is 2.